The number of anilines is 1. The summed E-state index contributed by atoms with van der Waals surface area (Å²) in [5.74, 6) is 0.420. The van der Waals surface area contributed by atoms with Gasteiger partial charge in [-0.15, -0.1) is 0 Å². The van der Waals surface area contributed by atoms with Crippen LogP contribution in [0.25, 0.3) is 0 Å². The summed E-state index contributed by atoms with van der Waals surface area (Å²) in [4.78, 5) is 47.4. The standard InChI is InChI=1S/C18H20N4O7/c1-9-8-20-16(23)15(14-4-3-13(9)18(14,20)2)29-17(24)19-10-5-11(21(25)26)7-12(6-10)22(27)28/h5-7,9,13-15H,3-4,8H2,1-2H3,(H,19,24)/t9?,13-,14+,15-,18+/m0/s1. The Morgan fingerprint density at radius 1 is 1.17 bits per heavy atom. The molecule has 3 aliphatic rings. The van der Waals surface area contributed by atoms with Crippen LogP contribution in [0.5, 0.6) is 0 Å². The first-order chi connectivity index (χ1) is 13.6. The van der Waals surface area contributed by atoms with Gasteiger partial charge in [0.15, 0.2) is 6.10 Å². The molecular weight excluding hydrogens is 384 g/mol. The van der Waals surface area contributed by atoms with E-state index in [0.717, 1.165) is 31.0 Å². The smallest absolute Gasteiger partial charge is 0.412 e. The molecule has 5 atom stereocenters. The van der Waals surface area contributed by atoms with Gasteiger partial charge in [0.05, 0.1) is 27.1 Å². The zero-order chi connectivity index (χ0) is 21.1. The molecular formula is C18H20N4O7. The zero-order valence-corrected chi connectivity index (χ0v) is 15.9. The number of nitro groups is 2. The largest absolute Gasteiger partial charge is 0.435 e. The third kappa shape index (κ3) is 2.79. The van der Waals surface area contributed by atoms with Crippen molar-refractivity contribution in [2.24, 2.45) is 17.8 Å². The van der Waals surface area contributed by atoms with Crippen molar-refractivity contribution in [1.82, 2.24) is 4.90 Å². The van der Waals surface area contributed by atoms with Gasteiger partial charge in [-0.2, -0.15) is 0 Å². The van der Waals surface area contributed by atoms with E-state index < -0.39 is 33.4 Å². The Bertz CT molecular complexity index is 903. The fourth-order valence-electron chi connectivity index (χ4n) is 5.48. The number of carbonyl (C=O) groups is 2. The summed E-state index contributed by atoms with van der Waals surface area (Å²) in [6.45, 7) is 4.80. The molecule has 2 aliphatic heterocycles. The van der Waals surface area contributed by atoms with Crippen LogP contribution in [0.4, 0.5) is 21.9 Å². The van der Waals surface area contributed by atoms with Gasteiger partial charge in [0.2, 0.25) is 0 Å². The third-order valence-electron chi connectivity index (χ3n) is 6.71. The molecule has 1 unspecified atom stereocenters. The minimum Gasteiger partial charge on any atom is -0.435 e. The molecule has 4 rings (SSSR count). The van der Waals surface area contributed by atoms with Gasteiger partial charge in [-0.25, -0.2) is 4.79 Å². The minimum absolute atomic E-state index is 0.116. The van der Waals surface area contributed by atoms with Crippen LogP contribution in [0.1, 0.15) is 26.7 Å². The lowest BCUT2D eigenvalue weighted by Gasteiger charge is -2.31. The number of nitrogens with one attached hydrogen (secondary N) is 1. The maximum atomic E-state index is 12.8. The second kappa shape index (κ2) is 6.39. The van der Waals surface area contributed by atoms with E-state index >= 15 is 0 Å². The highest BCUT2D eigenvalue weighted by molar-refractivity contribution is 5.91. The molecule has 2 saturated heterocycles. The van der Waals surface area contributed by atoms with Crippen molar-refractivity contribution >= 4 is 29.1 Å². The normalized spacial score (nSPS) is 32.2. The first-order valence-corrected chi connectivity index (χ1v) is 9.36. The van der Waals surface area contributed by atoms with Crippen LogP contribution in [0.3, 0.4) is 0 Å². The van der Waals surface area contributed by atoms with Gasteiger partial charge >= 0.3 is 6.09 Å². The highest BCUT2D eigenvalue weighted by Crippen LogP contribution is 2.58. The summed E-state index contributed by atoms with van der Waals surface area (Å²) in [5, 5.41) is 24.3. The molecule has 2 heterocycles. The van der Waals surface area contributed by atoms with Gasteiger partial charge < -0.3 is 9.64 Å². The second-order valence-electron chi connectivity index (χ2n) is 8.15. The second-order valence-corrected chi connectivity index (χ2v) is 8.15. The van der Waals surface area contributed by atoms with Gasteiger partial charge in [-0.1, -0.05) is 6.92 Å². The van der Waals surface area contributed by atoms with E-state index in [1.165, 1.54) is 0 Å². The topological polar surface area (TPSA) is 145 Å². The number of carbonyl (C=O) groups excluding carboxylic acids is 2. The number of nitrogens with zero attached hydrogens (tertiary/aromatic N) is 3. The van der Waals surface area contributed by atoms with E-state index in [-0.39, 0.29) is 23.1 Å². The monoisotopic (exact) mass is 404 g/mol. The third-order valence-corrected chi connectivity index (χ3v) is 6.71. The van der Waals surface area contributed by atoms with Crippen LogP contribution in [0.15, 0.2) is 18.2 Å². The molecule has 11 heteroatoms. The molecule has 29 heavy (non-hydrogen) atoms. The van der Waals surface area contributed by atoms with Crippen LogP contribution in [-0.4, -0.2) is 44.9 Å². The van der Waals surface area contributed by atoms with Crippen LogP contribution in [0, 0.1) is 38.0 Å². The Morgan fingerprint density at radius 3 is 2.34 bits per heavy atom. The lowest BCUT2D eigenvalue weighted by molar-refractivity contribution is -0.394. The van der Waals surface area contributed by atoms with Gasteiger partial charge in [-0.05, 0) is 31.6 Å². The Hall–Kier alpha value is -3.24. The Morgan fingerprint density at radius 2 is 1.76 bits per heavy atom. The van der Waals surface area contributed by atoms with E-state index in [0.29, 0.717) is 18.4 Å². The number of hydrogen-bond acceptors (Lipinski definition) is 7. The molecule has 0 aromatic heterocycles. The van der Waals surface area contributed by atoms with Gasteiger partial charge in [0.1, 0.15) is 0 Å². The average molecular weight is 404 g/mol. The van der Waals surface area contributed by atoms with Crippen LogP contribution >= 0.6 is 0 Å². The molecule has 1 N–H and O–H groups in total. The quantitative estimate of drug-likeness (QED) is 0.600. The van der Waals surface area contributed by atoms with Gasteiger partial charge in [0.25, 0.3) is 17.3 Å². The first-order valence-electron chi connectivity index (χ1n) is 9.36. The van der Waals surface area contributed by atoms with E-state index in [9.17, 15) is 29.8 Å². The summed E-state index contributed by atoms with van der Waals surface area (Å²) in [6.07, 6.45) is -0.163. The highest BCUT2D eigenvalue weighted by atomic mass is 16.6. The highest BCUT2D eigenvalue weighted by Gasteiger charge is 2.67. The van der Waals surface area contributed by atoms with E-state index in [1.807, 2.05) is 11.8 Å². The predicted molar refractivity (Wildman–Crippen MR) is 99.1 cm³/mol. The van der Waals surface area contributed by atoms with E-state index in [1.54, 1.807) is 0 Å². The predicted octanol–water partition coefficient (Wildman–Crippen LogP) is 2.70. The van der Waals surface area contributed by atoms with Crippen molar-refractivity contribution in [3.63, 3.8) is 0 Å². The molecule has 3 fully saturated rings. The fourth-order valence-corrected chi connectivity index (χ4v) is 5.48. The molecule has 154 valence electrons. The molecule has 0 spiro atoms. The fraction of sp³-hybridized carbons (Fsp3) is 0.556. The van der Waals surface area contributed by atoms with Crippen LogP contribution < -0.4 is 5.32 Å². The van der Waals surface area contributed by atoms with Crippen molar-refractivity contribution in [3.8, 4) is 0 Å². The number of non-ortho nitro benzene ring substituents is 2. The molecule has 1 saturated carbocycles. The molecule has 0 radical (unpaired) electrons. The maximum Gasteiger partial charge on any atom is 0.412 e. The summed E-state index contributed by atoms with van der Waals surface area (Å²) < 4.78 is 5.41. The number of amides is 2. The number of benzene rings is 1. The Balaban J connectivity index is 1.52. The Labute approximate surface area is 165 Å². The van der Waals surface area contributed by atoms with Crippen molar-refractivity contribution in [3.05, 3.63) is 38.4 Å². The molecule has 2 amide bonds. The lowest BCUT2D eigenvalue weighted by atomic mass is 9.80. The molecule has 1 aliphatic carbocycles. The van der Waals surface area contributed by atoms with E-state index in [4.69, 9.17) is 4.74 Å². The number of hydrogen-bond donors (Lipinski definition) is 1. The lowest BCUT2D eigenvalue weighted by Crippen LogP contribution is -2.42. The van der Waals surface area contributed by atoms with Gasteiger partial charge in [-0.3, -0.25) is 30.3 Å². The SMILES string of the molecule is CC1CN2C(=O)[C@@H](OC(=O)Nc3cc([N+](=O)[O-])cc([N+](=O)[O-])c3)[C@H]3CC[C@@H]1[C@]32C. The summed E-state index contributed by atoms with van der Waals surface area (Å²) in [6, 6.07) is 2.79. The molecule has 11 nitrogen and oxygen atoms in total. The molecule has 1 aromatic carbocycles. The van der Waals surface area contributed by atoms with Crippen molar-refractivity contribution in [1.29, 1.82) is 0 Å². The zero-order valence-electron chi connectivity index (χ0n) is 15.9. The molecule has 0 bridgehead atoms. The summed E-state index contributed by atoms with van der Waals surface area (Å²) in [5.41, 5.74) is -1.54. The van der Waals surface area contributed by atoms with Crippen molar-refractivity contribution < 1.29 is 24.2 Å². The molecule has 1 aromatic rings. The minimum atomic E-state index is -0.973. The van der Waals surface area contributed by atoms with Crippen molar-refractivity contribution in [2.45, 2.75) is 38.3 Å². The number of ether oxygens (including phenoxy) is 1. The Kier molecular flexibility index (Phi) is 4.21. The van der Waals surface area contributed by atoms with E-state index in [2.05, 4.69) is 12.2 Å². The van der Waals surface area contributed by atoms with Crippen LogP contribution in [-0.2, 0) is 9.53 Å². The van der Waals surface area contributed by atoms with Gasteiger partial charge in [0, 0.05) is 24.6 Å². The first kappa shape index (κ1) is 19.1. The average Bonchev–Trinajstić information content (AvgIpc) is 3.19. The number of rotatable bonds is 4. The number of nitro benzene ring substituents is 2. The van der Waals surface area contributed by atoms with Crippen LogP contribution in [0.2, 0.25) is 0 Å². The summed E-state index contributed by atoms with van der Waals surface area (Å²) >= 11 is 0. The maximum absolute atomic E-state index is 12.8. The van der Waals surface area contributed by atoms with Crippen molar-refractivity contribution in [2.75, 3.05) is 11.9 Å². The summed E-state index contributed by atoms with van der Waals surface area (Å²) in [7, 11) is 0.